The van der Waals surface area contributed by atoms with Gasteiger partial charge < -0.3 is 4.42 Å². The Kier molecular flexibility index (Phi) is 4.34. The molecule has 22 heavy (non-hydrogen) atoms. The van der Waals surface area contributed by atoms with Crippen LogP contribution in [-0.4, -0.2) is 12.1 Å². The van der Waals surface area contributed by atoms with Crippen molar-refractivity contribution in [2.45, 2.75) is 6.42 Å². The molecule has 0 aliphatic rings. The summed E-state index contributed by atoms with van der Waals surface area (Å²) < 4.78 is 5.88. The van der Waals surface area contributed by atoms with E-state index < -0.39 is 0 Å². The summed E-state index contributed by atoms with van der Waals surface area (Å²) in [7, 11) is 0. The number of amides is 1. The lowest BCUT2D eigenvalue weighted by molar-refractivity contribution is -0.120. The van der Waals surface area contributed by atoms with Crippen molar-refractivity contribution in [3.8, 4) is 0 Å². The fraction of sp³-hybridized carbons (Fsp3) is 0.0588. The summed E-state index contributed by atoms with van der Waals surface area (Å²) in [6.45, 7) is 0. The van der Waals surface area contributed by atoms with E-state index in [2.05, 4.69) is 26.5 Å². The Morgan fingerprint density at radius 3 is 2.77 bits per heavy atom. The maximum absolute atomic E-state index is 12.0. The summed E-state index contributed by atoms with van der Waals surface area (Å²) in [5.41, 5.74) is 3.49. The first kappa shape index (κ1) is 14.5. The first-order valence-corrected chi connectivity index (χ1v) is 7.55. The van der Waals surface area contributed by atoms with E-state index in [0.717, 1.165) is 16.3 Å². The van der Waals surface area contributed by atoms with Gasteiger partial charge in [-0.3, -0.25) is 4.79 Å². The SMILES string of the molecule is O=C(Cc1cccc2ccccc12)NN=Cc1ccc(Br)o1. The van der Waals surface area contributed by atoms with Gasteiger partial charge in [-0.05, 0) is 44.4 Å². The topological polar surface area (TPSA) is 54.6 Å². The van der Waals surface area contributed by atoms with E-state index in [1.165, 1.54) is 6.21 Å². The van der Waals surface area contributed by atoms with Crippen LogP contribution in [-0.2, 0) is 11.2 Å². The molecule has 1 aromatic heterocycles. The van der Waals surface area contributed by atoms with Crippen molar-refractivity contribution in [3.63, 3.8) is 0 Å². The Morgan fingerprint density at radius 2 is 1.95 bits per heavy atom. The lowest BCUT2D eigenvalue weighted by Crippen LogP contribution is -2.19. The Bertz CT molecular complexity index is 834. The molecular formula is C17H13BrN2O2. The van der Waals surface area contributed by atoms with Crippen molar-refractivity contribution in [1.82, 2.24) is 5.43 Å². The standard InChI is InChI=1S/C17H13BrN2O2/c18-16-9-8-14(22-16)11-19-20-17(21)10-13-6-3-5-12-4-1-2-7-15(12)13/h1-9,11H,10H2,(H,20,21). The van der Waals surface area contributed by atoms with Crippen LogP contribution in [0, 0.1) is 0 Å². The van der Waals surface area contributed by atoms with Gasteiger partial charge in [-0.1, -0.05) is 42.5 Å². The normalized spacial score (nSPS) is 11.1. The molecule has 1 heterocycles. The van der Waals surface area contributed by atoms with E-state index in [1.807, 2.05) is 42.5 Å². The number of hydrazone groups is 1. The largest absolute Gasteiger partial charge is 0.448 e. The molecule has 0 saturated heterocycles. The third kappa shape index (κ3) is 3.43. The van der Waals surface area contributed by atoms with Crippen LogP contribution in [0.4, 0.5) is 0 Å². The summed E-state index contributed by atoms with van der Waals surface area (Å²) in [5.74, 6) is 0.399. The predicted molar refractivity (Wildman–Crippen MR) is 89.8 cm³/mol. The smallest absolute Gasteiger partial charge is 0.244 e. The van der Waals surface area contributed by atoms with Gasteiger partial charge in [0, 0.05) is 0 Å². The maximum atomic E-state index is 12.0. The molecule has 0 spiro atoms. The molecule has 2 aromatic carbocycles. The molecule has 5 heteroatoms. The first-order valence-electron chi connectivity index (χ1n) is 6.76. The second-order valence-electron chi connectivity index (χ2n) is 4.75. The minimum Gasteiger partial charge on any atom is -0.448 e. The average Bonchev–Trinajstić information content (AvgIpc) is 2.93. The van der Waals surface area contributed by atoms with Gasteiger partial charge in [-0.15, -0.1) is 0 Å². The zero-order valence-electron chi connectivity index (χ0n) is 11.6. The quantitative estimate of drug-likeness (QED) is 0.569. The van der Waals surface area contributed by atoms with Gasteiger partial charge in [-0.25, -0.2) is 5.43 Å². The van der Waals surface area contributed by atoms with Crippen LogP contribution in [0.15, 0.2) is 68.8 Å². The highest BCUT2D eigenvalue weighted by Gasteiger charge is 2.06. The zero-order chi connectivity index (χ0) is 15.4. The third-order valence-corrected chi connectivity index (χ3v) is 3.63. The number of benzene rings is 2. The Morgan fingerprint density at radius 1 is 1.14 bits per heavy atom. The number of rotatable bonds is 4. The Labute approximate surface area is 136 Å². The van der Waals surface area contributed by atoms with Crippen LogP contribution < -0.4 is 5.43 Å². The molecule has 0 aliphatic carbocycles. The summed E-state index contributed by atoms with van der Waals surface area (Å²) >= 11 is 3.20. The highest BCUT2D eigenvalue weighted by Crippen LogP contribution is 2.18. The van der Waals surface area contributed by atoms with Gasteiger partial charge >= 0.3 is 0 Å². The fourth-order valence-electron chi connectivity index (χ4n) is 2.22. The van der Waals surface area contributed by atoms with Crippen molar-refractivity contribution in [2.24, 2.45) is 5.10 Å². The van der Waals surface area contributed by atoms with Gasteiger partial charge in [0.15, 0.2) is 4.67 Å². The van der Waals surface area contributed by atoms with Gasteiger partial charge in [0.2, 0.25) is 5.91 Å². The molecule has 1 amide bonds. The lowest BCUT2D eigenvalue weighted by atomic mass is 10.0. The molecule has 0 fully saturated rings. The highest BCUT2D eigenvalue weighted by molar-refractivity contribution is 9.10. The molecule has 0 unspecified atom stereocenters. The average molecular weight is 357 g/mol. The number of nitrogens with one attached hydrogen (secondary N) is 1. The van der Waals surface area contributed by atoms with Crippen LogP contribution >= 0.6 is 15.9 Å². The monoisotopic (exact) mass is 356 g/mol. The van der Waals surface area contributed by atoms with E-state index in [-0.39, 0.29) is 12.3 Å². The van der Waals surface area contributed by atoms with E-state index in [0.29, 0.717) is 10.4 Å². The molecule has 0 saturated carbocycles. The first-order chi connectivity index (χ1) is 10.7. The summed E-state index contributed by atoms with van der Waals surface area (Å²) in [4.78, 5) is 12.0. The molecule has 0 atom stereocenters. The van der Waals surface area contributed by atoms with Crippen LogP contribution in [0.25, 0.3) is 10.8 Å². The number of halogens is 1. The molecular weight excluding hydrogens is 344 g/mol. The van der Waals surface area contributed by atoms with Gasteiger partial charge in [0.25, 0.3) is 0 Å². The van der Waals surface area contributed by atoms with Crippen LogP contribution in [0.5, 0.6) is 0 Å². The minimum absolute atomic E-state index is 0.168. The molecule has 110 valence electrons. The minimum atomic E-state index is -0.168. The molecule has 1 N–H and O–H groups in total. The molecule has 0 bridgehead atoms. The van der Waals surface area contributed by atoms with Gasteiger partial charge in [0.1, 0.15) is 5.76 Å². The number of hydrogen-bond acceptors (Lipinski definition) is 3. The molecule has 4 nitrogen and oxygen atoms in total. The number of fused-ring (bicyclic) bond motifs is 1. The molecule has 3 rings (SSSR count). The zero-order valence-corrected chi connectivity index (χ0v) is 13.2. The fourth-order valence-corrected chi connectivity index (χ4v) is 2.54. The van der Waals surface area contributed by atoms with Crippen LogP contribution in [0.3, 0.4) is 0 Å². The lowest BCUT2D eigenvalue weighted by Gasteiger charge is -2.05. The Hall–Kier alpha value is -2.40. The Balaban J connectivity index is 1.67. The van der Waals surface area contributed by atoms with Crippen molar-refractivity contribution in [3.05, 3.63) is 70.6 Å². The van der Waals surface area contributed by atoms with E-state index in [4.69, 9.17) is 4.42 Å². The maximum Gasteiger partial charge on any atom is 0.244 e. The number of nitrogens with zero attached hydrogens (tertiary/aromatic N) is 1. The highest BCUT2D eigenvalue weighted by atomic mass is 79.9. The number of furan rings is 1. The van der Waals surface area contributed by atoms with Gasteiger partial charge in [0.05, 0.1) is 12.6 Å². The number of carbonyl (C=O) groups excluding carboxylic acids is 1. The second kappa shape index (κ2) is 6.58. The summed E-state index contributed by atoms with van der Waals surface area (Å²) in [6, 6.07) is 17.5. The third-order valence-electron chi connectivity index (χ3n) is 3.21. The van der Waals surface area contributed by atoms with E-state index >= 15 is 0 Å². The van der Waals surface area contributed by atoms with Crippen LogP contribution in [0.2, 0.25) is 0 Å². The van der Waals surface area contributed by atoms with E-state index in [1.54, 1.807) is 12.1 Å². The summed E-state index contributed by atoms with van der Waals surface area (Å²) in [6.07, 6.45) is 1.74. The van der Waals surface area contributed by atoms with Crippen molar-refractivity contribution < 1.29 is 9.21 Å². The van der Waals surface area contributed by atoms with Crippen molar-refractivity contribution >= 4 is 38.8 Å². The molecule has 0 aliphatic heterocycles. The molecule has 3 aromatic rings. The molecule has 0 radical (unpaired) electrons. The predicted octanol–water partition coefficient (Wildman–Crippen LogP) is 3.89. The van der Waals surface area contributed by atoms with E-state index in [9.17, 15) is 4.79 Å². The van der Waals surface area contributed by atoms with Crippen molar-refractivity contribution in [1.29, 1.82) is 0 Å². The van der Waals surface area contributed by atoms with Crippen LogP contribution in [0.1, 0.15) is 11.3 Å². The van der Waals surface area contributed by atoms with Crippen molar-refractivity contribution in [2.75, 3.05) is 0 Å². The number of hydrogen-bond donors (Lipinski definition) is 1. The second-order valence-corrected chi connectivity index (χ2v) is 5.53. The van der Waals surface area contributed by atoms with Gasteiger partial charge in [-0.2, -0.15) is 5.10 Å². The number of carbonyl (C=O) groups is 1. The summed E-state index contributed by atoms with van der Waals surface area (Å²) in [5, 5.41) is 6.10.